The fraction of sp³-hybridized carbons (Fsp3) is 0.500. The van der Waals surface area contributed by atoms with Crippen LogP contribution in [0.4, 0.5) is 5.95 Å². The van der Waals surface area contributed by atoms with Gasteiger partial charge in [-0.1, -0.05) is 17.7 Å². The number of nitrogens with zero attached hydrogens (tertiary/aromatic N) is 4. The van der Waals surface area contributed by atoms with E-state index in [1.807, 2.05) is 6.20 Å². The van der Waals surface area contributed by atoms with E-state index in [2.05, 4.69) is 43.3 Å². The van der Waals surface area contributed by atoms with Crippen LogP contribution in [0.1, 0.15) is 37.7 Å². The maximum Gasteiger partial charge on any atom is 0.225 e. The summed E-state index contributed by atoms with van der Waals surface area (Å²) in [5.74, 6) is 3.60. The average molecular weight is 396 g/mol. The first-order chi connectivity index (χ1) is 13.8. The van der Waals surface area contributed by atoms with Crippen molar-refractivity contribution < 1.29 is 0 Å². The van der Waals surface area contributed by atoms with Crippen molar-refractivity contribution in [3.05, 3.63) is 47.4 Å². The van der Waals surface area contributed by atoms with Gasteiger partial charge >= 0.3 is 0 Å². The Morgan fingerprint density at radius 1 is 1.11 bits per heavy atom. The Balaban J connectivity index is 1.06. The van der Waals surface area contributed by atoms with Gasteiger partial charge in [0.2, 0.25) is 5.95 Å². The summed E-state index contributed by atoms with van der Waals surface area (Å²) in [6.45, 7) is 2.14. The Morgan fingerprint density at radius 3 is 2.75 bits per heavy atom. The number of rotatable bonds is 6. The van der Waals surface area contributed by atoms with Crippen molar-refractivity contribution in [1.29, 1.82) is 0 Å². The van der Waals surface area contributed by atoms with Gasteiger partial charge in [0, 0.05) is 18.5 Å². The molecule has 3 heterocycles. The Morgan fingerprint density at radius 2 is 1.93 bits per heavy atom. The number of aromatic nitrogens is 4. The molecule has 1 unspecified atom stereocenters. The molecule has 6 heteroatoms. The van der Waals surface area contributed by atoms with E-state index >= 15 is 0 Å². The average Bonchev–Trinajstić information content (AvgIpc) is 3.34. The molecule has 2 aliphatic rings. The first-order valence-corrected chi connectivity index (χ1v) is 10.8. The molecule has 5 rings (SSSR count). The van der Waals surface area contributed by atoms with Crippen LogP contribution in [-0.4, -0.2) is 33.3 Å². The SMILES string of the molecule is Clc1cnc(N2CCC([C@H]3CC3CCCc3ccc4[nH]ncc4c3)CC2)nc1. The van der Waals surface area contributed by atoms with Crippen LogP contribution in [0.25, 0.3) is 10.9 Å². The molecule has 28 heavy (non-hydrogen) atoms. The Labute approximate surface area is 170 Å². The minimum absolute atomic E-state index is 0.601. The lowest BCUT2D eigenvalue weighted by molar-refractivity contribution is 0.341. The molecule has 1 aliphatic heterocycles. The second-order valence-electron chi connectivity index (χ2n) is 8.37. The van der Waals surface area contributed by atoms with Gasteiger partial charge in [0.05, 0.1) is 29.1 Å². The van der Waals surface area contributed by atoms with Crippen molar-refractivity contribution in [2.45, 2.75) is 38.5 Å². The smallest absolute Gasteiger partial charge is 0.225 e. The van der Waals surface area contributed by atoms with E-state index in [0.717, 1.165) is 42.3 Å². The van der Waals surface area contributed by atoms with Crippen LogP contribution in [-0.2, 0) is 6.42 Å². The van der Waals surface area contributed by atoms with E-state index in [9.17, 15) is 0 Å². The van der Waals surface area contributed by atoms with Gasteiger partial charge in [-0.2, -0.15) is 5.10 Å². The number of benzene rings is 1. The number of anilines is 1. The number of aromatic amines is 1. The highest BCUT2D eigenvalue weighted by atomic mass is 35.5. The van der Waals surface area contributed by atoms with Crippen LogP contribution in [0, 0.1) is 17.8 Å². The first kappa shape index (κ1) is 17.9. The number of H-pyrrole nitrogens is 1. The normalized spacial score (nSPS) is 22.7. The van der Waals surface area contributed by atoms with Gasteiger partial charge in [0.25, 0.3) is 0 Å². The topological polar surface area (TPSA) is 57.7 Å². The van der Waals surface area contributed by atoms with Gasteiger partial charge in [-0.15, -0.1) is 0 Å². The molecule has 1 aromatic carbocycles. The number of aryl methyl sites for hydroxylation is 1. The number of fused-ring (bicyclic) bond motifs is 1. The minimum Gasteiger partial charge on any atom is -0.341 e. The molecule has 0 spiro atoms. The van der Waals surface area contributed by atoms with Crippen LogP contribution >= 0.6 is 11.6 Å². The van der Waals surface area contributed by atoms with Gasteiger partial charge in [-0.25, -0.2) is 9.97 Å². The zero-order chi connectivity index (χ0) is 18.9. The van der Waals surface area contributed by atoms with Gasteiger partial charge in [-0.3, -0.25) is 5.10 Å². The molecule has 1 saturated carbocycles. The first-order valence-electron chi connectivity index (χ1n) is 10.4. The third-order valence-electron chi connectivity index (χ3n) is 6.56. The van der Waals surface area contributed by atoms with Gasteiger partial charge in [-0.05, 0) is 74.0 Å². The minimum atomic E-state index is 0.601. The summed E-state index contributed by atoms with van der Waals surface area (Å²) in [5.41, 5.74) is 2.56. The summed E-state index contributed by atoms with van der Waals surface area (Å²) in [7, 11) is 0. The van der Waals surface area contributed by atoms with Crippen LogP contribution < -0.4 is 4.90 Å². The lowest BCUT2D eigenvalue weighted by atomic mass is 9.90. The van der Waals surface area contributed by atoms with Crippen molar-refractivity contribution in [3.63, 3.8) is 0 Å². The van der Waals surface area contributed by atoms with Gasteiger partial charge in [0.15, 0.2) is 0 Å². The number of hydrogen-bond acceptors (Lipinski definition) is 4. The maximum absolute atomic E-state index is 5.89. The molecule has 3 aromatic rings. The predicted molar refractivity (Wildman–Crippen MR) is 113 cm³/mol. The molecular weight excluding hydrogens is 370 g/mol. The van der Waals surface area contributed by atoms with Gasteiger partial charge < -0.3 is 4.90 Å². The predicted octanol–water partition coefficient (Wildman–Crippen LogP) is 4.88. The molecule has 1 saturated heterocycles. The quantitative estimate of drug-likeness (QED) is 0.646. The zero-order valence-electron chi connectivity index (χ0n) is 16.0. The van der Waals surface area contributed by atoms with Crippen LogP contribution in [0.3, 0.4) is 0 Å². The second kappa shape index (κ2) is 7.70. The molecule has 0 bridgehead atoms. The Kier molecular flexibility index (Phi) is 4.93. The third kappa shape index (κ3) is 3.86. The highest BCUT2D eigenvalue weighted by molar-refractivity contribution is 6.30. The molecule has 1 N–H and O–H groups in total. The summed E-state index contributed by atoms with van der Waals surface area (Å²) in [4.78, 5) is 11.0. The molecular formula is C22H26ClN5. The summed E-state index contributed by atoms with van der Waals surface area (Å²) >= 11 is 5.89. The van der Waals surface area contributed by atoms with Crippen LogP contribution in [0.15, 0.2) is 36.8 Å². The van der Waals surface area contributed by atoms with E-state index in [-0.39, 0.29) is 0 Å². The number of piperidine rings is 1. The highest BCUT2D eigenvalue weighted by Gasteiger charge is 2.42. The Bertz CT molecular complexity index is 930. The number of hydrogen-bond donors (Lipinski definition) is 1. The largest absolute Gasteiger partial charge is 0.341 e. The van der Waals surface area contributed by atoms with Crippen molar-refractivity contribution >= 4 is 28.5 Å². The van der Waals surface area contributed by atoms with E-state index in [0.29, 0.717) is 5.02 Å². The molecule has 2 aromatic heterocycles. The number of nitrogens with one attached hydrogen (secondary N) is 1. The summed E-state index contributed by atoms with van der Waals surface area (Å²) in [5, 5.41) is 8.95. The summed E-state index contributed by atoms with van der Waals surface area (Å²) < 4.78 is 0. The molecule has 2 atom stereocenters. The third-order valence-corrected chi connectivity index (χ3v) is 6.75. The molecule has 146 valence electrons. The van der Waals surface area contributed by atoms with E-state index < -0.39 is 0 Å². The van der Waals surface area contributed by atoms with Crippen molar-refractivity contribution in [2.24, 2.45) is 17.8 Å². The van der Waals surface area contributed by atoms with Crippen LogP contribution in [0.5, 0.6) is 0 Å². The standard InChI is InChI=1S/C22H26ClN5/c23-19-13-24-22(25-14-19)28-8-6-16(7-9-28)20-11-17(20)3-1-2-15-4-5-21-18(10-15)12-26-27-21/h4-5,10,12-14,16-17,20H,1-3,6-9,11H2,(H,26,27)/t17?,20-/m1/s1. The second-order valence-corrected chi connectivity index (χ2v) is 8.81. The monoisotopic (exact) mass is 395 g/mol. The summed E-state index contributed by atoms with van der Waals surface area (Å²) in [6, 6.07) is 6.66. The lowest BCUT2D eigenvalue weighted by Crippen LogP contribution is -2.35. The molecule has 0 radical (unpaired) electrons. The van der Waals surface area contributed by atoms with E-state index in [4.69, 9.17) is 11.6 Å². The number of halogens is 1. The van der Waals surface area contributed by atoms with Crippen molar-refractivity contribution in [3.8, 4) is 0 Å². The Hall–Kier alpha value is -2.14. The fourth-order valence-corrected chi connectivity index (χ4v) is 4.99. The van der Waals surface area contributed by atoms with Crippen LogP contribution in [0.2, 0.25) is 5.02 Å². The molecule has 5 nitrogen and oxygen atoms in total. The molecule has 2 fully saturated rings. The summed E-state index contributed by atoms with van der Waals surface area (Å²) in [6.07, 6.45) is 13.1. The molecule has 1 aliphatic carbocycles. The van der Waals surface area contributed by atoms with Crippen molar-refractivity contribution in [2.75, 3.05) is 18.0 Å². The fourth-order valence-electron chi connectivity index (χ4n) is 4.89. The zero-order valence-corrected chi connectivity index (χ0v) is 16.8. The highest BCUT2D eigenvalue weighted by Crippen LogP contribution is 2.50. The lowest BCUT2D eigenvalue weighted by Gasteiger charge is -2.32. The molecule has 0 amide bonds. The van der Waals surface area contributed by atoms with E-state index in [1.54, 1.807) is 12.4 Å². The van der Waals surface area contributed by atoms with E-state index in [1.165, 1.54) is 49.5 Å². The maximum atomic E-state index is 5.89. The van der Waals surface area contributed by atoms with Crippen molar-refractivity contribution in [1.82, 2.24) is 20.2 Å². The van der Waals surface area contributed by atoms with Gasteiger partial charge in [0.1, 0.15) is 0 Å².